The molecule has 0 aromatic rings. The molecule has 0 unspecified atom stereocenters. The molecule has 0 radical (unpaired) electrons. The molecule has 1 amide bonds. The zero-order chi connectivity index (χ0) is 12.7. The van der Waals surface area contributed by atoms with Crippen LogP contribution in [-0.4, -0.2) is 46.1 Å². The number of hydrogen-bond acceptors (Lipinski definition) is 6. The van der Waals surface area contributed by atoms with E-state index in [1.165, 1.54) is 16.4 Å². The highest BCUT2D eigenvalue weighted by molar-refractivity contribution is 8.14. The molecule has 0 aliphatic heterocycles. The topological polar surface area (TPSA) is 45.1 Å². The third-order valence-electron chi connectivity index (χ3n) is 1.20. The van der Waals surface area contributed by atoms with Crippen LogP contribution < -0.4 is 0 Å². The highest BCUT2D eigenvalue weighted by Gasteiger charge is 2.12. The standard InChI is InChI=1S/C9H19N3O2S2/c1-7(2)15-8(3)10-14-9(13)12(6)16-11(4)5/h7H,1-6H3. The summed E-state index contributed by atoms with van der Waals surface area (Å²) >= 11 is 2.80. The monoisotopic (exact) mass is 265 g/mol. The van der Waals surface area contributed by atoms with Crippen molar-refractivity contribution in [1.29, 1.82) is 0 Å². The highest BCUT2D eigenvalue weighted by Crippen LogP contribution is 2.13. The number of rotatable bonds is 4. The minimum absolute atomic E-state index is 0.427. The van der Waals surface area contributed by atoms with Gasteiger partial charge in [0, 0.05) is 24.4 Å². The van der Waals surface area contributed by atoms with Crippen LogP contribution in [0.5, 0.6) is 0 Å². The predicted octanol–water partition coefficient (Wildman–Crippen LogP) is 2.65. The second-order valence-corrected chi connectivity index (χ2v) is 6.74. The van der Waals surface area contributed by atoms with Gasteiger partial charge in [0.2, 0.25) is 0 Å². The van der Waals surface area contributed by atoms with Crippen molar-refractivity contribution in [2.75, 3.05) is 21.1 Å². The molecule has 0 bridgehead atoms. The summed E-state index contributed by atoms with van der Waals surface area (Å²) in [5.41, 5.74) is 0. The minimum atomic E-state index is -0.484. The number of thioether (sulfide) groups is 1. The zero-order valence-corrected chi connectivity index (χ0v) is 12.2. The molecule has 16 heavy (non-hydrogen) atoms. The Balaban J connectivity index is 4.05. The van der Waals surface area contributed by atoms with Gasteiger partial charge in [-0.25, -0.2) is 13.4 Å². The van der Waals surface area contributed by atoms with Crippen LogP contribution in [0, 0.1) is 0 Å². The molecule has 0 aromatic heterocycles. The Hall–Kier alpha value is -0.400. The van der Waals surface area contributed by atoms with E-state index in [1.807, 2.05) is 21.0 Å². The van der Waals surface area contributed by atoms with E-state index in [0.29, 0.717) is 5.25 Å². The average Bonchev–Trinajstić information content (AvgIpc) is 2.11. The summed E-state index contributed by atoms with van der Waals surface area (Å²) in [4.78, 5) is 16.2. The first-order chi connectivity index (χ1) is 7.32. The Labute approximate surface area is 106 Å². The Morgan fingerprint density at radius 2 is 1.88 bits per heavy atom. The zero-order valence-electron chi connectivity index (χ0n) is 10.6. The van der Waals surface area contributed by atoms with E-state index in [9.17, 15) is 4.79 Å². The van der Waals surface area contributed by atoms with Gasteiger partial charge in [0.15, 0.2) is 0 Å². The fourth-order valence-corrected chi connectivity index (χ4v) is 2.15. The number of amides is 1. The van der Waals surface area contributed by atoms with Crippen molar-refractivity contribution in [2.45, 2.75) is 26.0 Å². The number of nitrogens with zero attached hydrogens (tertiary/aromatic N) is 3. The summed E-state index contributed by atoms with van der Waals surface area (Å²) in [5, 5.41) is 4.92. The maximum absolute atomic E-state index is 11.4. The number of carbonyl (C=O) groups excluding carboxylic acids is 1. The van der Waals surface area contributed by atoms with Crippen LogP contribution >= 0.6 is 23.9 Å². The van der Waals surface area contributed by atoms with Crippen LogP contribution in [0.3, 0.4) is 0 Å². The Kier molecular flexibility index (Phi) is 7.61. The largest absolute Gasteiger partial charge is 0.446 e. The SMILES string of the molecule is CC(=NOC(=O)N(C)SN(C)C)SC(C)C. The van der Waals surface area contributed by atoms with Crippen molar-refractivity contribution in [2.24, 2.45) is 5.16 Å². The van der Waals surface area contributed by atoms with Crippen molar-refractivity contribution < 1.29 is 9.63 Å². The van der Waals surface area contributed by atoms with Crippen LogP contribution in [-0.2, 0) is 4.84 Å². The lowest BCUT2D eigenvalue weighted by atomic mass is 10.6. The highest BCUT2D eigenvalue weighted by atomic mass is 32.2. The van der Waals surface area contributed by atoms with Crippen molar-refractivity contribution >= 4 is 35.0 Å². The van der Waals surface area contributed by atoms with E-state index in [1.54, 1.807) is 23.1 Å². The fraction of sp³-hybridized carbons (Fsp3) is 0.778. The Morgan fingerprint density at radius 3 is 2.31 bits per heavy atom. The first-order valence-corrected chi connectivity index (χ1v) is 6.45. The van der Waals surface area contributed by atoms with Gasteiger partial charge in [-0.15, -0.1) is 11.8 Å². The molecular weight excluding hydrogens is 246 g/mol. The second-order valence-electron chi connectivity index (χ2n) is 3.53. The van der Waals surface area contributed by atoms with Gasteiger partial charge in [0.25, 0.3) is 0 Å². The molecule has 0 saturated heterocycles. The van der Waals surface area contributed by atoms with E-state index in [4.69, 9.17) is 4.84 Å². The van der Waals surface area contributed by atoms with Gasteiger partial charge in [0.1, 0.15) is 5.04 Å². The summed E-state index contributed by atoms with van der Waals surface area (Å²) in [5.74, 6) is 0. The normalized spacial score (nSPS) is 12.1. The molecule has 0 spiro atoms. The van der Waals surface area contributed by atoms with Crippen molar-refractivity contribution in [3.8, 4) is 0 Å². The molecule has 0 aliphatic carbocycles. The maximum atomic E-state index is 11.4. The smallest absolute Gasteiger partial charge is 0.296 e. The van der Waals surface area contributed by atoms with Gasteiger partial charge < -0.3 is 0 Å². The third-order valence-corrected chi connectivity index (χ3v) is 2.81. The Morgan fingerprint density at radius 1 is 1.31 bits per heavy atom. The summed E-state index contributed by atoms with van der Waals surface area (Å²) < 4.78 is 3.16. The van der Waals surface area contributed by atoms with Crippen molar-refractivity contribution in [3.05, 3.63) is 0 Å². The maximum Gasteiger partial charge on any atom is 0.446 e. The summed E-state index contributed by atoms with van der Waals surface area (Å²) in [6, 6.07) is 0. The molecule has 0 aromatic carbocycles. The van der Waals surface area contributed by atoms with Crippen LogP contribution in [0.2, 0.25) is 0 Å². The molecule has 0 N–H and O–H groups in total. The van der Waals surface area contributed by atoms with Crippen molar-refractivity contribution in [1.82, 2.24) is 8.61 Å². The lowest BCUT2D eigenvalue weighted by Crippen LogP contribution is -2.23. The van der Waals surface area contributed by atoms with Gasteiger partial charge in [-0.3, -0.25) is 4.84 Å². The summed E-state index contributed by atoms with van der Waals surface area (Å²) in [7, 11) is 5.32. The molecule has 0 rings (SSSR count). The minimum Gasteiger partial charge on any atom is -0.296 e. The predicted molar refractivity (Wildman–Crippen MR) is 71.4 cm³/mol. The molecular formula is C9H19N3O2S2. The molecule has 5 nitrogen and oxygen atoms in total. The molecule has 94 valence electrons. The molecule has 0 aliphatic rings. The molecule has 0 fully saturated rings. The van der Waals surface area contributed by atoms with Crippen LogP contribution in [0.15, 0.2) is 5.16 Å². The molecule has 0 heterocycles. The van der Waals surface area contributed by atoms with E-state index >= 15 is 0 Å². The fourth-order valence-electron chi connectivity index (χ4n) is 0.802. The number of hydrogen-bond donors (Lipinski definition) is 0. The first kappa shape index (κ1) is 15.6. The second kappa shape index (κ2) is 7.81. The molecule has 0 saturated carbocycles. The van der Waals surface area contributed by atoms with Gasteiger partial charge in [-0.1, -0.05) is 19.0 Å². The van der Waals surface area contributed by atoms with Crippen LogP contribution in [0.1, 0.15) is 20.8 Å². The van der Waals surface area contributed by atoms with E-state index in [2.05, 4.69) is 19.0 Å². The summed E-state index contributed by atoms with van der Waals surface area (Å²) in [6.07, 6.45) is -0.484. The van der Waals surface area contributed by atoms with E-state index < -0.39 is 6.09 Å². The van der Waals surface area contributed by atoms with Gasteiger partial charge in [-0.2, -0.15) is 0 Å². The lowest BCUT2D eigenvalue weighted by Gasteiger charge is -2.16. The molecule has 0 atom stereocenters. The summed E-state index contributed by atoms with van der Waals surface area (Å²) in [6.45, 7) is 5.93. The lowest BCUT2D eigenvalue weighted by molar-refractivity contribution is 0.136. The third kappa shape index (κ3) is 7.84. The van der Waals surface area contributed by atoms with Crippen molar-refractivity contribution in [3.63, 3.8) is 0 Å². The first-order valence-electron chi connectivity index (χ1n) is 4.84. The van der Waals surface area contributed by atoms with Gasteiger partial charge in [0.05, 0.1) is 0 Å². The quantitative estimate of drug-likeness (QED) is 0.257. The van der Waals surface area contributed by atoms with Crippen LogP contribution in [0.25, 0.3) is 0 Å². The van der Waals surface area contributed by atoms with Gasteiger partial charge in [-0.05, 0) is 21.0 Å². The van der Waals surface area contributed by atoms with Crippen LogP contribution in [0.4, 0.5) is 4.79 Å². The van der Waals surface area contributed by atoms with E-state index in [-0.39, 0.29) is 0 Å². The van der Waals surface area contributed by atoms with E-state index in [0.717, 1.165) is 5.04 Å². The Bertz CT molecular complexity index is 257. The number of oxime groups is 1. The average molecular weight is 265 g/mol. The molecule has 7 heteroatoms. The van der Waals surface area contributed by atoms with Gasteiger partial charge >= 0.3 is 6.09 Å². The number of carbonyl (C=O) groups is 1.